The quantitative estimate of drug-likeness (QED) is 0.728. The number of carbonyl (C=O) groups is 1. The molecule has 0 bridgehead atoms. The lowest BCUT2D eigenvalue weighted by Gasteiger charge is -2.33. The molecule has 0 saturated carbocycles. The molecule has 1 aliphatic heterocycles. The Morgan fingerprint density at radius 2 is 2.35 bits per heavy atom. The van der Waals surface area contributed by atoms with E-state index in [2.05, 4.69) is 35.8 Å². The summed E-state index contributed by atoms with van der Waals surface area (Å²) < 4.78 is 0.963. The number of halogens is 2. The molecule has 2 rings (SSSR count). The molecule has 0 radical (unpaired) electrons. The van der Waals surface area contributed by atoms with Crippen molar-refractivity contribution in [1.29, 1.82) is 0 Å². The van der Waals surface area contributed by atoms with Crippen molar-refractivity contribution in [2.45, 2.75) is 24.0 Å². The topological polar surface area (TPSA) is 20.3 Å². The van der Waals surface area contributed by atoms with E-state index in [1.165, 1.54) is 5.56 Å². The fraction of sp³-hybridized carbons (Fsp3) is 0.417. The van der Waals surface area contributed by atoms with Gasteiger partial charge < -0.3 is 4.90 Å². The van der Waals surface area contributed by atoms with E-state index in [-0.39, 0.29) is 11.8 Å². The Kier molecular flexibility index (Phi) is 4.06. The fourth-order valence-electron chi connectivity index (χ4n) is 1.96. The van der Waals surface area contributed by atoms with Gasteiger partial charge in [0.05, 0.1) is 5.69 Å². The molecule has 2 nitrogen and oxygen atoms in total. The van der Waals surface area contributed by atoms with E-state index in [4.69, 9.17) is 11.6 Å². The number of nitrogens with zero attached hydrogens (tertiary/aromatic N) is 1. The Bertz CT molecular complexity index is 466. The van der Waals surface area contributed by atoms with E-state index >= 15 is 0 Å². The van der Waals surface area contributed by atoms with Crippen molar-refractivity contribution in [2.24, 2.45) is 0 Å². The SMILES string of the molecule is Cc1cc(Br)c2c(c1)SC(C)CN2C(=O)CCl. The van der Waals surface area contributed by atoms with Crippen molar-refractivity contribution in [3.63, 3.8) is 0 Å². The Labute approximate surface area is 119 Å². The summed E-state index contributed by atoms with van der Waals surface area (Å²) in [5.41, 5.74) is 2.15. The molecule has 0 spiro atoms. The van der Waals surface area contributed by atoms with E-state index < -0.39 is 0 Å². The van der Waals surface area contributed by atoms with Gasteiger partial charge in [0.2, 0.25) is 5.91 Å². The summed E-state index contributed by atoms with van der Waals surface area (Å²) in [6.07, 6.45) is 0. The maximum absolute atomic E-state index is 11.9. The minimum Gasteiger partial charge on any atom is -0.308 e. The van der Waals surface area contributed by atoms with Crippen LogP contribution in [-0.2, 0) is 4.79 Å². The van der Waals surface area contributed by atoms with Crippen LogP contribution in [0.4, 0.5) is 5.69 Å². The number of benzene rings is 1. The summed E-state index contributed by atoms with van der Waals surface area (Å²) in [5, 5.41) is 0.392. The largest absolute Gasteiger partial charge is 0.308 e. The van der Waals surface area contributed by atoms with E-state index in [1.807, 2.05) is 6.07 Å². The highest BCUT2D eigenvalue weighted by Gasteiger charge is 2.28. The number of aryl methyl sites for hydroxylation is 1. The number of thioether (sulfide) groups is 1. The first kappa shape index (κ1) is 13.2. The summed E-state index contributed by atoms with van der Waals surface area (Å²) in [6.45, 7) is 4.89. The van der Waals surface area contributed by atoms with Gasteiger partial charge in [0.1, 0.15) is 5.88 Å². The average Bonchev–Trinajstić information content (AvgIpc) is 2.25. The maximum atomic E-state index is 11.9. The van der Waals surface area contributed by atoms with Crippen LogP contribution in [-0.4, -0.2) is 23.6 Å². The van der Waals surface area contributed by atoms with E-state index in [0.717, 1.165) is 15.1 Å². The van der Waals surface area contributed by atoms with Crippen LogP contribution in [0.3, 0.4) is 0 Å². The third kappa shape index (κ3) is 2.64. The second kappa shape index (κ2) is 5.21. The predicted molar refractivity (Wildman–Crippen MR) is 77.3 cm³/mol. The van der Waals surface area contributed by atoms with Gasteiger partial charge in [-0.25, -0.2) is 0 Å². The van der Waals surface area contributed by atoms with Crippen LogP contribution in [0.1, 0.15) is 12.5 Å². The Morgan fingerprint density at radius 3 is 3.00 bits per heavy atom. The van der Waals surface area contributed by atoms with E-state index in [1.54, 1.807) is 16.7 Å². The Balaban J connectivity index is 2.52. The van der Waals surface area contributed by atoms with Gasteiger partial charge in [-0.05, 0) is 40.5 Å². The van der Waals surface area contributed by atoms with Crippen LogP contribution in [0.5, 0.6) is 0 Å². The van der Waals surface area contributed by atoms with Crippen LogP contribution >= 0.6 is 39.3 Å². The van der Waals surface area contributed by atoms with Crippen LogP contribution < -0.4 is 4.90 Å². The van der Waals surface area contributed by atoms with E-state index in [9.17, 15) is 4.79 Å². The maximum Gasteiger partial charge on any atom is 0.242 e. The number of carbonyl (C=O) groups excluding carboxylic acids is 1. The lowest BCUT2D eigenvalue weighted by molar-refractivity contribution is -0.116. The normalized spacial score (nSPS) is 19.1. The first-order chi connectivity index (χ1) is 8.02. The molecular weight excluding hydrogens is 322 g/mol. The molecule has 0 aliphatic carbocycles. The summed E-state index contributed by atoms with van der Waals surface area (Å²) in [4.78, 5) is 14.8. The van der Waals surface area contributed by atoms with Gasteiger partial charge >= 0.3 is 0 Å². The standard InChI is InChI=1S/C12H13BrClNOS/c1-7-3-9(13)12-10(4-7)17-8(2)6-15(12)11(16)5-14/h3-4,8H,5-6H2,1-2H3. The minimum absolute atomic E-state index is 0.0249. The molecule has 1 atom stereocenters. The van der Waals surface area contributed by atoms with E-state index in [0.29, 0.717) is 11.8 Å². The molecule has 1 aliphatic rings. The number of fused-ring (bicyclic) bond motifs is 1. The molecule has 17 heavy (non-hydrogen) atoms. The summed E-state index contributed by atoms with van der Waals surface area (Å²) in [6, 6.07) is 4.15. The van der Waals surface area contributed by atoms with Gasteiger partial charge in [0, 0.05) is 21.2 Å². The number of hydrogen-bond acceptors (Lipinski definition) is 2. The lowest BCUT2D eigenvalue weighted by Crippen LogP contribution is -2.39. The highest BCUT2D eigenvalue weighted by Crippen LogP contribution is 2.43. The van der Waals surface area contributed by atoms with Crippen molar-refractivity contribution < 1.29 is 4.79 Å². The number of amides is 1. The van der Waals surface area contributed by atoms with Crippen molar-refractivity contribution in [2.75, 3.05) is 17.3 Å². The first-order valence-corrected chi connectivity index (χ1v) is 7.56. The smallest absolute Gasteiger partial charge is 0.242 e. The molecule has 1 aromatic rings. The molecule has 92 valence electrons. The van der Waals surface area contributed by atoms with Crippen LogP contribution in [0.15, 0.2) is 21.5 Å². The molecule has 1 aromatic carbocycles. The fourth-order valence-corrected chi connectivity index (χ4v) is 4.26. The van der Waals surface area contributed by atoms with Crippen molar-refractivity contribution in [1.82, 2.24) is 0 Å². The van der Waals surface area contributed by atoms with Crippen LogP contribution in [0.25, 0.3) is 0 Å². The molecule has 0 aromatic heterocycles. The summed E-state index contributed by atoms with van der Waals surface area (Å²) in [5.74, 6) is -0.0124. The average molecular weight is 335 g/mol. The van der Waals surface area contributed by atoms with Crippen molar-refractivity contribution >= 4 is 50.9 Å². The minimum atomic E-state index is -0.0374. The zero-order valence-corrected chi connectivity index (χ0v) is 12.8. The molecular formula is C12H13BrClNOS. The second-order valence-corrected chi connectivity index (χ2v) is 6.76. The Morgan fingerprint density at radius 1 is 1.65 bits per heavy atom. The lowest BCUT2D eigenvalue weighted by atomic mass is 10.2. The summed E-state index contributed by atoms with van der Waals surface area (Å²) >= 11 is 11.0. The van der Waals surface area contributed by atoms with Crippen molar-refractivity contribution in [3.8, 4) is 0 Å². The van der Waals surface area contributed by atoms with Gasteiger partial charge in [-0.1, -0.05) is 6.92 Å². The predicted octanol–water partition coefficient (Wildman–Crippen LogP) is 3.82. The number of anilines is 1. The summed E-state index contributed by atoms with van der Waals surface area (Å²) in [7, 11) is 0. The zero-order chi connectivity index (χ0) is 12.6. The van der Waals surface area contributed by atoms with Gasteiger partial charge in [0.25, 0.3) is 0 Å². The number of rotatable bonds is 1. The molecule has 1 unspecified atom stereocenters. The Hall–Kier alpha value is -0.190. The first-order valence-electron chi connectivity index (χ1n) is 5.36. The highest BCUT2D eigenvalue weighted by atomic mass is 79.9. The molecule has 0 fully saturated rings. The third-order valence-corrected chi connectivity index (χ3v) is 4.58. The monoisotopic (exact) mass is 333 g/mol. The molecule has 5 heteroatoms. The second-order valence-electron chi connectivity index (χ2n) is 4.16. The number of hydrogen-bond donors (Lipinski definition) is 0. The van der Waals surface area contributed by atoms with Gasteiger partial charge in [-0.15, -0.1) is 23.4 Å². The molecule has 1 amide bonds. The zero-order valence-electron chi connectivity index (χ0n) is 9.67. The highest BCUT2D eigenvalue weighted by molar-refractivity contribution is 9.10. The van der Waals surface area contributed by atoms with Gasteiger partial charge in [-0.2, -0.15) is 0 Å². The van der Waals surface area contributed by atoms with Crippen LogP contribution in [0, 0.1) is 6.92 Å². The molecule has 0 saturated heterocycles. The third-order valence-electron chi connectivity index (χ3n) is 2.63. The molecule has 1 heterocycles. The van der Waals surface area contributed by atoms with Gasteiger partial charge in [0.15, 0.2) is 0 Å². The molecule has 0 N–H and O–H groups in total. The van der Waals surface area contributed by atoms with Gasteiger partial charge in [-0.3, -0.25) is 4.79 Å². The number of alkyl halides is 1. The van der Waals surface area contributed by atoms with Crippen molar-refractivity contribution in [3.05, 3.63) is 22.2 Å². The van der Waals surface area contributed by atoms with Crippen LogP contribution in [0.2, 0.25) is 0 Å².